The lowest BCUT2D eigenvalue weighted by Crippen LogP contribution is -2.21. The Bertz CT molecular complexity index is 359. The van der Waals surface area contributed by atoms with E-state index in [1.807, 2.05) is 6.92 Å². The molecule has 3 heteroatoms. The van der Waals surface area contributed by atoms with Crippen molar-refractivity contribution >= 4 is 11.7 Å². The Labute approximate surface area is 110 Å². The first kappa shape index (κ1) is 14.6. The van der Waals surface area contributed by atoms with Crippen molar-refractivity contribution in [3.63, 3.8) is 0 Å². The summed E-state index contributed by atoms with van der Waals surface area (Å²) in [5, 5.41) is 3.24. The molecule has 0 spiro atoms. The third kappa shape index (κ3) is 4.78. The smallest absolute Gasteiger partial charge is 0.310 e. The number of anilines is 1. The molecule has 1 aromatic carbocycles. The van der Waals surface area contributed by atoms with Crippen LogP contribution in [-0.4, -0.2) is 19.6 Å². The van der Waals surface area contributed by atoms with Crippen molar-refractivity contribution < 1.29 is 9.53 Å². The zero-order valence-corrected chi connectivity index (χ0v) is 11.5. The number of esters is 1. The predicted octanol–water partition coefficient (Wildman–Crippen LogP) is 3.25. The van der Waals surface area contributed by atoms with E-state index in [1.165, 1.54) is 25.5 Å². The van der Waals surface area contributed by atoms with Gasteiger partial charge in [-0.1, -0.05) is 32.4 Å². The van der Waals surface area contributed by atoms with Gasteiger partial charge in [-0.3, -0.25) is 4.79 Å². The molecule has 0 bridgehead atoms. The van der Waals surface area contributed by atoms with Crippen LogP contribution in [0.15, 0.2) is 24.3 Å². The number of rotatable bonds is 7. The van der Waals surface area contributed by atoms with E-state index < -0.39 is 0 Å². The van der Waals surface area contributed by atoms with Crippen molar-refractivity contribution in [2.75, 3.05) is 19.0 Å². The second kappa shape index (κ2) is 7.75. The molecular formula is C15H23NO2. The van der Waals surface area contributed by atoms with Gasteiger partial charge in [0.05, 0.1) is 13.0 Å². The molecule has 0 aliphatic heterocycles. The summed E-state index contributed by atoms with van der Waals surface area (Å²) in [6.07, 6.45) is 3.58. The first-order valence-corrected chi connectivity index (χ1v) is 6.58. The average Bonchev–Trinajstić information content (AvgIpc) is 2.42. The average molecular weight is 249 g/mol. The number of nitrogens with one attached hydrogen (secondary N) is 1. The number of aryl methyl sites for hydroxylation is 1. The van der Waals surface area contributed by atoms with Crippen molar-refractivity contribution in [2.45, 2.75) is 33.1 Å². The molecular weight excluding hydrogens is 226 g/mol. The summed E-state index contributed by atoms with van der Waals surface area (Å²) in [6.45, 7) is 4.65. The number of hydrogen-bond donors (Lipinski definition) is 1. The van der Waals surface area contributed by atoms with Crippen LogP contribution >= 0.6 is 0 Å². The highest BCUT2D eigenvalue weighted by Crippen LogP contribution is 2.12. The monoisotopic (exact) mass is 249 g/mol. The SMILES string of the molecule is CCCCc1ccc(NCC(C)C(=O)OC)cc1. The fourth-order valence-corrected chi connectivity index (χ4v) is 1.73. The van der Waals surface area contributed by atoms with Crippen LogP contribution in [0.4, 0.5) is 5.69 Å². The minimum Gasteiger partial charge on any atom is -0.469 e. The van der Waals surface area contributed by atoms with Gasteiger partial charge in [0.25, 0.3) is 0 Å². The molecule has 18 heavy (non-hydrogen) atoms. The van der Waals surface area contributed by atoms with Crippen LogP contribution in [0, 0.1) is 5.92 Å². The van der Waals surface area contributed by atoms with Gasteiger partial charge >= 0.3 is 5.97 Å². The molecule has 0 saturated heterocycles. The number of methoxy groups -OCH3 is 1. The largest absolute Gasteiger partial charge is 0.469 e. The highest BCUT2D eigenvalue weighted by Gasteiger charge is 2.12. The highest BCUT2D eigenvalue weighted by atomic mass is 16.5. The van der Waals surface area contributed by atoms with Crippen molar-refractivity contribution in [3.05, 3.63) is 29.8 Å². The molecule has 100 valence electrons. The van der Waals surface area contributed by atoms with Gasteiger partial charge in [-0.15, -0.1) is 0 Å². The second-order valence-corrected chi connectivity index (χ2v) is 4.61. The van der Waals surface area contributed by atoms with Gasteiger partial charge in [-0.2, -0.15) is 0 Å². The summed E-state index contributed by atoms with van der Waals surface area (Å²) >= 11 is 0. The molecule has 0 amide bonds. The van der Waals surface area contributed by atoms with Gasteiger partial charge in [-0.05, 0) is 30.5 Å². The lowest BCUT2D eigenvalue weighted by molar-refractivity contribution is -0.144. The molecule has 1 unspecified atom stereocenters. The van der Waals surface area contributed by atoms with Crippen LogP contribution in [0.1, 0.15) is 32.3 Å². The van der Waals surface area contributed by atoms with E-state index in [4.69, 9.17) is 0 Å². The normalized spacial score (nSPS) is 11.9. The van der Waals surface area contributed by atoms with Gasteiger partial charge in [0, 0.05) is 12.2 Å². The molecule has 1 aromatic rings. The minimum absolute atomic E-state index is 0.130. The number of carbonyl (C=O) groups is 1. The van der Waals surface area contributed by atoms with Gasteiger partial charge in [0.15, 0.2) is 0 Å². The van der Waals surface area contributed by atoms with E-state index in [0.717, 1.165) is 12.1 Å². The minimum atomic E-state index is -0.179. The highest BCUT2D eigenvalue weighted by molar-refractivity contribution is 5.72. The fourth-order valence-electron chi connectivity index (χ4n) is 1.73. The fraction of sp³-hybridized carbons (Fsp3) is 0.533. The predicted molar refractivity (Wildman–Crippen MR) is 74.7 cm³/mol. The van der Waals surface area contributed by atoms with E-state index in [0.29, 0.717) is 6.54 Å². The zero-order chi connectivity index (χ0) is 13.4. The molecule has 0 aliphatic rings. The number of carbonyl (C=O) groups excluding carboxylic acids is 1. The maximum atomic E-state index is 11.2. The van der Waals surface area contributed by atoms with Crippen molar-refractivity contribution in [2.24, 2.45) is 5.92 Å². The van der Waals surface area contributed by atoms with Crippen molar-refractivity contribution in [1.82, 2.24) is 0 Å². The van der Waals surface area contributed by atoms with Gasteiger partial charge in [-0.25, -0.2) is 0 Å². The van der Waals surface area contributed by atoms with Crippen LogP contribution in [-0.2, 0) is 16.0 Å². The van der Waals surface area contributed by atoms with Crippen LogP contribution in [0.2, 0.25) is 0 Å². The molecule has 0 radical (unpaired) electrons. The molecule has 3 nitrogen and oxygen atoms in total. The van der Waals surface area contributed by atoms with E-state index in [9.17, 15) is 4.79 Å². The van der Waals surface area contributed by atoms with Crippen molar-refractivity contribution in [1.29, 1.82) is 0 Å². The Morgan fingerprint density at radius 1 is 1.33 bits per heavy atom. The Morgan fingerprint density at radius 3 is 2.56 bits per heavy atom. The maximum Gasteiger partial charge on any atom is 0.310 e. The van der Waals surface area contributed by atoms with E-state index in [2.05, 4.69) is 41.2 Å². The molecule has 0 heterocycles. The Morgan fingerprint density at radius 2 is 2.00 bits per heavy atom. The molecule has 1 rings (SSSR count). The van der Waals surface area contributed by atoms with Crippen LogP contribution in [0.25, 0.3) is 0 Å². The molecule has 0 aliphatic carbocycles. The summed E-state index contributed by atoms with van der Waals surface area (Å²) < 4.78 is 4.68. The third-order valence-corrected chi connectivity index (χ3v) is 2.99. The second-order valence-electron chi connectivity index (χ2n) is 4.61. The summed E-state index contributed by atoms with van der Waals surface area (Å²) in [4.78, 5) is 11.2. The number of ether oxygens (including phenoxy) is 1. The number of hydrogen-bond acceptors (Lipinski definition) is 3. The third-order valence-electron chi connectivity index (χ3n) is 2.99. The summed E-state index contributed by atoms with van der Waals surface area (Å²) in [5.41, 5.74) is 2.41. The summed E-state index contributed by atoms with van der Waals surface area (Å²) in [5.74, 6) is -0.308. The molecule has 0 fully saturated rings. The van der Waals surface area contributed by atoms with Crippen LogP contribution < -0.4 is 5.32 Å². The van der Waals surface area contributed by atoms with Gasteiger partial charge < -0.3 is 10.1 Å². The molecule has 0 saturated carbocycles. The first-order valence-electron chi connectivity index (χ1n) is 6.58. The van der Waals surface area contributed by atoms with E-state index >= 15 is 0 Å². The lowest BCUT2D eigenvalue weighted by Gasteiger charge is -2.11. The molecule has 0 aromatic heterocycles. The van der Waals surface area contributed by atoms with Crippen LogP contribution in [0.3, 0.4) is 0 Å². The summed E-state index contributed by atoms with van der Waals surface area (Å²) in [7, 11) is 1.42. The van der Waals surface area contributed by atoms with E-state index in [-0.39, 0.29) is 11.9 Å². The van der Waals surface area contributed by atoms with E-state index in [1.54, 1.807) is 0 Å². The topological polar surface area (TPSA) is 38.3 Å². The first-order chi connectivity index (χ1) is 8.67. The maximum absolute atomic E-state index is 11.2. The van der Waals surface area contributed by atoms with Crippen molar-refractivity contribution in [3.8, 4) is 0 Å². The molecule has 1 atom stereocenters. The number of unbranched alkanes of at least 4 members (excludes halogenated alkanes) is 1. The summed E-state index contributed by atoms with van der Waals surface area (Å²) in [6, 6.07) is 8.41. The lowest BCUT2D eigenvalue weighted by atomic mass is 10.1. The van der Waals surface area contributed by atoms with Gasteiger partial charge in [0.2, 0.25) is 0 Å². The van der Waals surface area contributed by atoms with Crippen LogP contribution in [0.5, 0.6) is 0 Å². The molecule has 1 N–H and O–H groups in total. The Kier molecular flexibility index (Phi) is 6.26. The van der Waals surface area contributed by atoms with Gasteiger partial charge in [0.1, 0.15) is 0 Å². The zero-order valence-electron chi connectivity index (χ0n) is 11.5. The number of benzene rings is 1. The Balaban J connectivity index is 2.41. The standard InChI is InChI=1S/C15H23NO2/c1-4-5-6-13-7-9-14(10-8-13)16-11-12(2)15(17)18-3/h7-10,12,16H,4-6,11H2,1-3H3. The Hall–Kier alpha value is -1.51. The quantitative estimate of drug-likeness (QED) is 0.754.